The molecule has 0 aliphatic carbocycles. The first-order valence-electron chi connectivity index (χ1n) is 10.1. The monoisotopic (exact) mass is 375 g/mol. The molecule has 144 valence electrons. The van der Waals surface area contributed by atoms with E-state index in [4.69, 9.17) is 4.42 Å². The molecule has 0 radical (unpaired) electrons. The van der Waals surface area contributed by atoms with E-state index in [-0.39, 0.29) is 23.1 Å². The van der Waals surface area contributed by atoms with E-state index in [0.29, 0.717) is 23.1 Å². The van der Waals surface area contributed by atoms with Crippen LogP contribution in [0.4, 0.5) is 0 Å². The van der Waals surface area contributed by atoms with Crippen LogP contribution in [0, 0.1) is 0 Å². The van der Waals surface area contributed by atoms with Gasteiger partial charge in [0.2, 0.25) is 5.76 Å². The highest BCUT2D eigenvalue weighted by Gasteiger charge is 2.42. The largest absolute Gasteiger partial charge is 0.450 e. The number of unbranched alkanes of at least 4 members (excludes halogenated alkanes) is 2. The Morgan fingerprint density at radius 3 is 2.43 bits per heavy atom. The highest BCUT2D eigenvalue weighted by molar-refractivity contribution is 5.99. The smallest absolute Gasteiger partial charge is 0.290 e. The minimum atomic E-state index is -0.383. The molecule has 0 saturated carbocycles. The Bertz CT molecular complexity index is 1070. The molecule has 0 N–H and O–H groups in total. The second-order valence-electron chi connectivity index (χ2n) is 7.37. The summed E-state index contributed by atoms with van der Waals surface area (Å²) in [6.07, 6.45) is 3.98. The van der Waals surface area contributed by atoms with E-state index in [1.165, 1.54) is 5.56 Å². The Kier molecular flexibility index (Phi) is 5.03. The first-order chi connectivity index (χ1) is 13.7. The second kappa shape index (κ2) is 7.63. The van der Waals surface area contributed by atoms with Crippen LogP contribution in [0.2, 0.25) is 0 Å². The van der Waals surface area contributed by atoms with Crippen molar-refractivity contribution in [2.75, 3.05) is 6.54 Å². The summed E-state index contributed by atoms with van der Waals surface area (Å²) in [5, 5.41) is 0.527. The first-order valence-corrected chi connectivity index (χ1v) is 10.1. The van der Waals surface area contributed by atoms with Crippen LogP contribution in [0.5, 0.6) is 0 Å². The molecule has 0 saturated heterocycles. The van der Waals surface area contributed by atoms with Crippen LogP contribution in [0.1, 0.15) is 66.4 Å². The van der Waals surface area contributed by atoms with Gasteiger partial charge in [0, 0.05) is 6.54 Å². The SMILES string of the molecule is CCCCCN1C(=O)c2oc3ccccc3c(=O)c2C1c1ccc(CC)cc1. The van der Waals surface area contributed by atoms with Gasteiger partial charge in [-0.05, 0) is 36.1 Å². The molecule has 3 aromatic rings. The van der Waals surface area contributed by atoms with Gasteiger partial charge in [-0.3, -0.25) is 9.59 Å². The fraction of sp³-hybridized carbons (Fsp3) is 0.333. The minimum absolute atomic E-state index is 0.104. The molecule has 4 heteroatoms. The lowest BCUT2D eigenvalue weighted by atomic mass is 9.97. The number of carbonyl (C=O) groups excluding carboxylic acids is 1. The molecule has 1 unspecified atom stereocenters. The van der Waals surface area contributed by atoms with Crippen LogP contribution in [0.25, 0.3) is 11.0 Å². The van der Waals surface area contributed by atoms with Gasteiger partial charge in [-0.25, -0.2) is 0 Å². The van der Waals surface area contributed by atoms with Crippen LogP contribution in [-0.4, -0.2) is 17.4 Å². The van der Waals surface area contributed by atoms with Crippen LogP contribution in [0.15, 0.2) is 57.7 Å². The Balaban J connectivity index is 1.88. The number of aryl methyl sites for hydroxylation is 1. The van der Waals surface area contributed by atoms with Crippen molar-refractivity contribution in [3.63, 3.8) is 0 Å². The van der Waals surface area contributed by atoms with E-state index < -0.39 is 0 Å². The van der Waals surface area contributed by atoms with Crippen molar-refractivity contribution < 1.29 is 9.21 Å². The predicted molar refractivity (Wildman–Crippen MR) is 111 cm³/mol. The Morgan fingerprint density at radius 2 is 1.71 bits per heavy atom. The van der Waals surface area contributed by atoms with E-state index in [9.17, 15) is 9.59 Å². The van der Waals surface area contributed by atoms with Crippen molar-refractivity contribution in [1.82, 2.24) is 4.90 Å². The number of benzene rings is 2. The molecule has 2 heterocycles. The van der Waals surface area contributed by atoms with Gasteiger partial charge in [-0.2, -0.15) is 0 Å². The normalized spacial score (nSPS) is 16.0. The average molecular weight is 375 g/mol. The number of carbonyl (C=O) groups is 1. The van der Waals surface area contributed by atoms with Gasteiger partial charge in [0.05, 0.1) is 17.0 Å². The van der Waals surface area contributed by atoms with Crippen LogP contribution >= 0.6 is 0 Å². The number of amides is 1. The Morgan fingerprint density at radius 1 is 0.964 bits per heavy atom. The Hall–Kier alpha value is -2.88. The van der Waals surface area contributed by atoms with E-state index in [0.717, 1.165) is 31.2 Å². The van der Waals surface area contributed by atoms with E-state index in [2.05, 4.69) is 26.0 Å². The first kappa shape index (κ1) is 18.5. The average Bonchev–Trinajstić information content (AvgIpc) is 3.01. The third kappa shape index (κ3) is 3.03. The van der Waals surface area contributed by atoms with Gasteiger partial charge in [0.1, 0.15) is 5.58 Å². The van der Waals surface area contributed by atoms with Crippen molar-refractivity contribution in [1.29, 1.82) is 0 Å². The van der Waals surface area contributed by atoms with Crippen LogP contribution < -0.4 is 5.43 Å². The fourth-order valence-corrected chi connectivity index (χ4v) is 4.01. The molecule has 1 amide bonds. The molecule has 2 aromatic carbocycles. The third-order valence-electron chi connectivity index (χ3n) is 5.58. The highest BCUT2D eigenvalue weighted by atomic mass is 16.3. The molecule has 4 rings (SSSR count). The molecule has 1 aliphatic rings. The number of para-hydroxylation sites is 1. The summed E-state index contributed by atoms with van der Waals surface area (Å²) in [4.78, 5) is 28.3. The quantitative estimate of drug-likeness (QED) is 0.564. The Labute approximate surface area is 164 Å². The molecule has 1 atom stereocenters. The minimum Gasteiger partial charge on any atom is -0.450 e. The van der Waals surface area contributed by atoms with Gasteiger partial charge in [0.25, 0.3) is 5.91 Å². The molecule has 1 aromatic heterocycles. The molecule has 0 bridgehead atoms. The maximum atomic E-state index is 13.3. The van der Waals surface area contributed by atoms with Crippen molar-refractivity contribution in [3.8, 4) is 0 Å². The van der Waals surface area contributed by atoms with E-state index in [1.54, 1.807) is 12.1 Å². The summed E-state index contributed by atoms with van der Waals surface area (Å²) in [6, 6.07) is 15.0. The van der Waals surface area contributed by atoms with Crippen molar-refractivity contribution >= 4 is 16.9 Å². The zero-order chi connectivity index (χ0) is 19.7. The molecule has 4 nitrogen and oxygen atoms in total. The maximum absolute atomic E-state index is 13.3. The number of hydrogen-bond acceptors (Lipinski definition) is 3. The summed E-state index contributed by atoms with van der Waals surface area (Å²) in [6.45, 7) is 4.87. The molecular weight excluding hydrogens is 350 g/mol. The van der Waals surface area contributed by atoms with Crippen molar-refractivity contribution in [3.05, 3.63) is 81.2 Å². The van der Waals surface area contributed by atoms with Crippen molar-refractivity contribution in [2.24, 2.45) is 0 Å². The topological polar surface area (TPSA) is 50.5 Å². The van der Waals surface area contributed by atoms with Crippen LogP contribution in [0.3, 0.4) is 0 Å². The van der Waals surface area contributed by atoms with E-state index in [1.807, 2.05) is 29.2 Å². The molecule has 0 fully saturated rings. The lowest BCUT2D eigenvalue weighted by Gasteiger charge is -2.25. The lowest BCUT2D eigenvalue weighted by Crippen LogP contribution is -2.30. The zero-order valence-corrected chi connectivity index (χ0v) is 16.4. The predicted octanol–water partition coefficient (Wildman–Crippen LogP) is 5.09. The van der Waals surface area contributed by atoms with Gasteiger partial charge < -0.3 is 9.32 Å². The van der Waals surface area contributed by atoms with Crippen LogP contribution in [-0.2, 0) is 6.42 Å². The summed E-state index contributed by atoms with van der Waals surface area (Å²) < 4.78 is 5.94. The second-order valence-corrected chi connectivity index (χ2v) is 7.37. The number of hydrogen-bond donors (Lipinski definition) is 0. The third-order valence-corrected chi connectivity index (χ3v) is 5.58. The molecule has 0 spiro atoms. The molecule has 1 aliphatic heterocycles. The van der Waals surface area contributed by atoms with Crippen molar-refractivity contribution in [2.45, 2.75) is 45.6 Å². The zero-order valence-electron chi connectivity index (χ0n) is 16.4. The fourth-order valence-electron chi connectivity index (χ4n) is 4.01. The van der Waals surface area contributed by atoms with Gasteiger partial charge in [0.15, 0.2) is 5.43 Å². The van der Waals surface area contributed by atoms with Gasteiger partial charge >= 0.3 is 0 Å². The van der Waals surface area contributed by atoms with Gasteiger partial charge in [-0.15, -0.1) is 0 Å². The lowest BCUT2D eigenvalue weighted by molar-refractivity contribution is 0.0724. The number of rotatable bonds is 6. The maximum Gasteiger partial charge on any atom is 0.290 e. The number of fused-ring (bicyclic) bond motifs is 2. The highest BCUT2D eigenvalue weighted by Crippen LogP contribution is 2.38. The van der Waals surface area contributed by atoms with Gasteiger partial charge in [-0.1, -0.05) is 63.1 Å². The summed E-state index contributed by atoms with van der Waals surface area (Å²) in [5.41, 5.74) is 3.03. The summed E-state index contributed by atoms with van der Waals surface area (Å²) >= 11 is 0. The number of nitrogens with zero attached hydrogens (tertiary/aromatic N) is 1. The standard InChI is InChI=1S/C24H25NO3/c1-3-5-8-15-25-21(17-13-11-16(4-2)12-14-17)20-22(26)18-9-6-7-10-19(18)28-23(20)24(25)27/h6-7,9-14,21H,3-5,8,15H2,1-2H3. The van der Waals surface area contributed by atoms with E-state index >= 15 is 0 Å². The summed E-state index contributed by atoms with van der Waals surface area (Å²) in [7, 11) is 0. The molecular formula is C24H25NO3. The summed E-state index contributed by atoms with van der Waals surface area (Å²) in [5.74, 6) is 0.0169. The molecule has 28 heavy (non-hydrogen) atoms.